The first-order valence-electron chi connectivity index (χ1n) is 6.42. The van der Waals surface area contributed by atoms with Crippen LogP contribution in [0.2, 0.25) is 10.0 Å². The molecule has 3 heteroatoms. The summed E-state index contributed by atoms with van der Waals surface area (Å²) in [5.41, 5.74) is 10.1. The third-order valence-corrected chi connectivity index (χ3v) is 4.50. The first-order valence-corrected chi connectivity index (χ1v) is 7.18. The topological polar surface area (TPSA) is 26.0 Å². The van der Waals surface area contributed by atoms with Crippen molar-refractivity contribution in [1.29, 1.82) is 0 Å². The quantitative estimate of drug-likeness (QED) is 0.871. The maximum atomic E-state index is 6.35. The van der Waals surface area contributed by atoms with Gasteiger partial charge in [-0.15, -0.1) is 0 Å². The van der Waals surface area contributed by atoms with E-state index in [4.69, 9.17) is 28.9 Å². The fraction of sp³-hybridized carbons (Fsp3) is 0.250. The predicted molar refractivity (Wildman–Crippen MR) is 80.7 cm³/mol. The molecular weight excluding hydrogens is 277 g/mol. The highest BCUT2D eigenvalue weighted by atomic mass is 35.5. The third-order valence-electron chi connectivity index (χ3n) is 3.89. The van der Waals surface area contributed by atoms with Crippen LogP contribution in [-0.4, -0.2) is 0 Å². The lowest BCUT2D eigenvalue weighted by molar-refractivity contribution is 0.465. The number of fused-ring (bicyclic) bond motifs is 1. The van der Waals surface area contributed by atoms with Crippen molar-refractivity contribution in [2.75, 3.05) is 0 Å². The Morgan fingerprint density at radius 3 is 2.68 bits per heavy atom. The summed E-state index contributed by atoms with van der Waals surface area (Å²) in [6, 6.07) is 14.1. The van der Waals surface area contributed by atoms with Crippen LogP contribution in [0.15, 0.2) is 42.5 Å². The Kier molecular flexibility index (Phi) is 3.53. The van der Waals surface area contributed by atoms with E-state index in [0.717, 1.165) is 28.5 Å². The molecule has 0 saturated carbocycles. The van der Waals surface area contributed by atoms with E-state index < -0.39 is 0 Å². The summed E-state index contributed by atoms with van der Waals surface area (Å²) < 4.78 is 0. The maximum Gasteiger partial charge on any atom is 0.0439 e. The van der Waals surface area contributed by atoms with Crippen LogP contribution in [0, 0.1) is 5.92 Å². The van der Waals surface area contributed by atoms with E-state index in [1.54, 1.807) is 0 Å². The van der Waals surface area contributed by atoms with Gasteiger partial charge in [-0.2, -0.15) is 0 Å². The van der Waals surface area contributed by atoms with E-state index in [0.29, 0.717) is 5.92 Å². The van der Waals surface area contributed by atoms with Crippen LogP contribution in [0.5, 0.6) is 0 Å². The fourth-order valence-electron chi connectivity index (χ4n) is 2.89. The lowest BCUT2D eigenvalue weighted by Gasteiger charge is -2.17. The van der Waals surface area contributed by atoms with Gasteiger partial charge in [0.2, 0.25) is 0 Å². The van der Waals surface area contributed by atoms with E-state index in [1.165, 1.54) is 11.1 Å². The molecule has 0 aliphatic heterocycles. The summed E-state index contributed by atoms with van der Waals surface area (Å²) in [5, 5.41) is 1.50. The number of hydrogen-bond donors (Lipinski definition) is 1. The van der Waals surface area contributed by atoms with E-state index in [-0.39, 0.29) is 6.04 Å². The van der Waals surface area contributed by atoms with Crippen LogP contribution in [0.3, 0.4) is 0 Å². The normalized spacial score (nSPS) is 21.4. The van der Waals surface area contributed by atoms with Crippen LogP contribution in [0.25, 0.3) is 0 Å². The Balaban J connectivity index is 1.85. The minimum absolute atomic E-state index is 0.0891. The highest BCUT2D eigenvalue weighted by Crippen LogP contribution is 2.37. The van der Waals surface area contributed by atoms with Gasteiger partial charge in [-0.1, -0.05) is 47.5 Å². The summed E-state index contributed by atoms with van der Waals surface area (Å²) in [4.78, 5) is 0. The van der Waals surface area contributed by atoms with Gasteiger partial charge in [0.15, 0.2) is 0 Å². The molecule has 2 aromatic carbocycles. The molecule has 0 saturated heterocycles. The molecule has 0 heterocycles. The van der Waals surface area contributed by atoms with Gasteiger partial charge in [0.1, 0.15) is 0 Å². The summed E-state index contributed by atoms with van der Waals surface area (Å²) in [7, 11) is 0. The maximum absolute atomic E-state index is 6.35. The second-order valence-corrected chi connectivity index (χ2v) is 5.97. The average molecular weight is 292 g/mol. The lowest BCUT2D eigenvalue weighted by atomic mass is 9.93. The number of halogens is 2. The molecule has 0 spiro atoms. The van der Waals surface area contributed by atoms with Crippen molar-refractivity contribution in [2.45, 2.75) is 18.9 Å². The predicted octanol–water partition coefficient (Wildman–Crippen LogP) is 4.41. The molecule has 3 rings (SSSR count). The van der Waals surface area contributed by atoms with Gasteiger partial charge in [-0.25, -0.2) is 0 Å². The molecule has 98 valence electrons. The molecular formula is C16H15Cl2N. The van der Waals surface area contributed by atoms with Gasteiger partial charge in [-0.05, 0) is 53.6 Å². The first-order chi connectivity index (χ1) is 9.15. The molecule has 1 nitrogen and oxygen atoms in total. The molecule has 0 aromatic heterocycles. The second-order valence-electron chi connectivity index (χ2n) is 5.13. The first kappa shape index (κ1) is 13.0. The second kappa shape index (κ2) is 5.16. The smallest absolute Gasteiger partial charge is 0.0439 e. The van der Waals surface area contributed by atoms with E-state index >= 15 is 0 Å². The van der Waals surface area contributed by atoms with Crippen LogP contribution in [-0.2, 0) is 12.8 Å². The van der Waals surface area contributed by atoms with E-state index in [2.05, 4.69) is 18.2 Å². The molecule has 0 amide bonds. The largest absolute Gasteiger partial charge is 0.324 e. The fourth-order valence-corrected chi connectivity index (χ4v) is 3.28. The van der Waals surface area contributed by atoms with Crippen molar-refractivity contribution in [2.24, 2.45) is 11.7 Å². The zero-order valence-corrected chi connectivity index (χ0v) is 12.0. The Hall–Kier alpha value is -1.02. The number of benzene rings is 2. The lowest BCUT2D eigenvalue weighted by Crippen LogP contribution is -2.19. The summed E-state index contributed by atoms with van der Waals surface area (Å²) >= 11 is 12.3. The zero-order valence-electron chi connectivity index (χ0n) is 10.4. The molecule has 0 radical (unpaired) electrons. The SMILES string of the molecule is NC1c2ccccc2CC1Cc1cc(Cl)ccc1Cl. The van der Waals surface area contributed by atoms with E-state index in [1.807, 2.05) is 24.3 Å². The highest BCUT2D eigenvalue weighted by molar-refractivity contribution is 6.33. The summed E-state index contributed by atoms with van der Waals surface area (Å²) in [5.74, 6) is 0.397. The average Bonchev–Trinajstić information content (AvgIpc) is 2.72. The highest BCUT2D eigenvalue weighted by Gasteiger charge is 2.29. The van der Waals surface area contributed by atoms with Crippen molar-refractivity contribution in [3.8, 4) is 0 Å². The molecule has 2 aromatic rings. The standard InChI is InChI=1S/C16H15Cl2N/c17-13-5-6-15(18)11(9-13)8-12-7-10-3-1-2-4-14(10)16(12)19/h1-6,9,12,16H,7-8,19H2. The minimum atomic E-state index is 0.0891. The van der Waals surface area contributed by atoms with Crippen molar-refractivity contribution >= 4 is 23.2 Å². The van der Waals surface area contributed by atoms with Crippen LogP contribution < -0.4 is 5.73 Å². The van der Waals surface area contributed by atoms with Gasteiger partial charge in [0.25, 0.3) is 0 Å². The van der Waals surface area contributed by atoms with Gasteiger partial charge in [0, 0.05) is 16.1 Å². The molecule has 1 aliphatic carbocycles. The molecule has 19 heavy (non-hydrogen) atoms. The summed E-state index contributed by atoms with van der Waals surface area (Å²) in [6.45, 7) is 0. The van der Waals surface area contributed by atoms with Crippen LogP contribution in [0.4, 0.5) is 0 Å². The van der Waals surface area contributed by atoms with Crippen molar-refractivity contribution < 1.29 is 0 Å². The Bertz CT molecular complexity index is 609. The Morgan fingerprint density at radius 2 is 1.89 bits per heavy atom. The van der Waals surface area contributed by atoms with Crippen molar-refractivity contribution in [1.82, 2.24) is 0 Å². The number of rotatable bonds is 2. The number of nitrogens with two attached hydrogens (primary N) is 1. The van der Waals surface area contributed by atoms with Crippen molar-refractivity contribution in [3.05, 3.63) is 69.2 Å². The molecule has 0 bridgehead atoms. The molecule has 2 N–H and O–H groups in total. The van der Waals surface area contributed by atoms with Gasteiger partial charge >= 0.3 is 0 Å². The van der Waals surface area contributed by atoms with Gasteiger partial charge in [-0.3, -0.25) is 0 Å². The monoisotopic (exact) mass is 291 g/mol. The molecule has 2 unspecified atom stereocenters. The number of hydrogen-bond acceptors (Lipinski definition) is 1. The Morgan fingerprint density at radius 1 is 1.11 bits per heavy atom. The summed E-state index contributed by atoms with van der Waals surface area (Å²) in [6.07, 6.45) is 1.88. The minimum Gasteiger partial charge on any atom is -0.324 e. The van der Waals surface area contributed by atoms with Crippen molar-refractivity contribution in [3.63, 3.8) is 0 Å². The van der Waals surface area contributed by atoms with E-state index in [9.17, 15) is 0 Å². The zero-order chi connectivity index (χ0) is 13.4. The van der Waals surface area contributed by atoms with Gasteiger partial charge in [0.05, 0.1) is 0 Å². The Labute approximate surface area is 123 Å². The molecule has 1 aliphatic rings. The van der Waals surface area contributed by atoms with Crippen LogP contribution in [0.1, 0.15) is 22.7 Å². The van der Waals surface area contributed by atoms with Gasteiger partial charge < -0.3 is 5.73 Å². The third kappa shape index (κ3) is 2.51. The molecule has 2 atom stereocenters. The molecule has 0 fully saturated rings. The van der Waals surface area contributed by atoms with Crippen LogP contribution >= 0.6 is 23.2 Å².